The number of hydrogen-bond donors (Lipinski definition) is 1. The van der Waals surface area contributed by atoms with Crippen molar-refractivity contribution in [1.82, 2.24) is 5.32 Å². The molecule has 0 aromatic heterocycles. The fourth-order valence-electron chi connectivity index (χ4n) is 0.760. The molecule has 0 aromatic rings. The molecule has 0 rings (SSSR count). The number of hydrogen-bond acceptors (Lipinski definition) is 3. The number of amides is 1. The maximum atomic E-state index is 11.1. The average Bonchev–Trinajstić information content (AvgIpc) is 1.94. The lowest BCUT2D eigenvalue weighted by molar-refractivity contribution is 0.0380. The van der Waals surface area contributed by atoms with Crippen LogP contribution >= 0.6 is 0 Å². The summed E-state index contributed by atoms with van der Waals surface area (Å²) in [5, 5.41) is 2.69. The minimum absolute atomic E-state index is 0.171. The number of carbonyl (C=O) groups excluding carboxylic acids is 1. The van der Waals surface area contributed by atoms with E-state index < -0.39 is 6.09 Å². The monoisotopic (exact) mass is 203 g/mol. The normalized spacial score (nSPS) is 11.6. The minimum Gasteiger partial charge on any atom is -0.447 e. The van der Waals surface area contributed by atoms with E-state index in [1.165, 1.54) is 0 Å². The molecule has 0 spiro atoms. The molecule has 0 saturated carbocycles. The summed E-state index contributed by atoms with van der Waals surface area (Å²) in [7, 11) is 0. The molecule has 0 heterocycles. The third kappa shape index (κ3) is 9.32. The molecule has 0 aliphatic heterocycles. The molecule has 0 radical (unpaired) electrons. The lowest BCUT2D eigenvalue weighted by atomic mass is 10.1. The van der Waals surface area contributed by atoms with Gasteiger partial charge in [0, 0.05) is 5.54 Å². The summed E-state index contributed by atoms with van der Waals surface area (Å²) in [5.74, 6) is 0. The van der Waals surface area contributed by atoms with Gasteiger partial charge in [0.2, 0.25) is 0 Å². The van der Waals surface area contributed by atoms with Crippen molar-refractivity contribution in [3.8, 4) is 0 Å². The second-order valence-corrected chi connectivity index (χ2v) is 4.43. The highest BCUT2D eigenvalue weighted by Crippen LogP contribution is 1.98. The highest BCUT2D eigenvalue weighted by molar-refractivity contribution is 5.67. The van der Waals surface area contributed by atoms with Gasteiger partial charge in [0.05, 0.1) is 12.7 Å². The second kappa shape index (κ2) is 5.86. The van der Waals surface area contributed by atoms with Crippen LogP contribution in [-0.2, 0) is 9.47 Å². The number of nitrogens with one attached hydrogen (secondary N) is 1. The van der Waals surface area contributed by atoms with Crippen molar-refractivity contribution < 1.29 is 14.3 Å². The zero-order valence-electron chi connectivity index (χ0n) is 9.72. The third-order valence-corrected chi connectivity index (χ3v) is 1.24. The molecule has 1 amide bonds. The topological polar surface area (TPSA) is 47.6 Å². The van der Waals surface area contributed by atoms with Gasteiger partial charge in [-0.25, -0.2) is 4.79 Å². The lowest BCUT2D eigenvalue weighted by Gasteiger charge is -2.20. The van der Waals surface area contributed by atoms with Crippen LogP contribution in [0.1, 0.15) is 34.6 Å². The maximum Gasteiger partial charge on any atom is 0.407 e. The Balaban J connectivity index is 3.46. The quantitative estimate of drug-likeness (QED) is 0.710. The summed E-state index contributed by atoms with van der Waals surface area (Å²) in [6.07, 6.45) is -0.228. The Morgan fingerprint density at radius 1 is 1.29 bits per heavy atom. The zero-order chi connectivity index (χ0) is 11.2. The van der Waals surface area contributed by atoms with Crippen LogP contribution in [0.3, 0.4) is 0 Å². The van der Waals surface area contributed by atoms with Gasteiger partial charge < -0.3 is 14.8 Å². The fourth-order valence-corrected chi connectivity index (χ4v) is 0.760. The van der Waals surface area contributed by atoms with Crippen LogP contribution in [-0.4, -0.2) is 30.9 Å². The van der Waals surface area contributed by atoms with Crippen LogP contribution in [0, 0.1) is 0 Å². The fraction of sp³-hybridized carbons (Fsp3) is 0.900. The summed E-state index contributed by atoms with van der Waals surface area (Å²) in [6, 6.07) is 0. The Morgan fingerprint density at radius 2 is 1.86 bits per heavy atom. The molecular formula is C10H21NO3. The van der Waals surface area contributed by atoms with Crippen LogP contribution < -0.4 is 5.32 Å². The first-order valence-corrected chi connectivity index (χ1v) is 4.88. The number of carbonyl (C=O) groups is 1. The molecule has 0 bridgehead atoms. The Morgan fingerprint density at radius 3 is 2.29 bits per heavy atom. The van der Waals surface area contributed by atoms with Gasteiger partial charge in [-0.2, -0.15) is 0 Å². The summed E-state index contributed by atoms with van der Waals surface area (Å²) >= 11 is 0. The minimum atomic E-state index is -0.398. The molecule has 84 valence electrons. The van der Waals surface area contributed by atoms with E-state index in [9.17, 15) is 4.79 Å². The van der Waals surface area contributed by atoms with E-state index in [1.807, 2.05) is 34.6 Å². The van der Waals surface area contributed by atoms with Gasteiger partial charge in [-0.3, -0.25) is 0 Å². The molecule has 0 saturated heterocycles. The van der Waals surface area contributed by atoms with Crippen molar-refractivity contribution in [3.05, 3.63) is 0 Å². The van der Waals surface area contributed by atoms with Gasteiger partial charge in [0.25, 0.3) is 0 Å². The molecule has 4 nitrogen and oxygen atoms in total. The third-order valence-electron chi connectivity index (χ3n) is 1.24. The van der Waals surface area contributed by atoms with Crippen LogP contribution in [0.25, 0.3) is 0 Å². The van der Waals surface area contributed by atoms with Crippen molar-refractivity contribution >= 4 is 6.09 Å². The number of alkyl carbamates (subject to hydrolysis) is 1. The predicted molar refractivity (Wildman–Crippen MR) is 55.3 cm³/mol. The molecule has 0 aliphatic carbocycles. The Labute approximate surface area is 86.0 Å². The molecule has 14 heavy (non-hydrogen) atoms. The first-order valence-electron chi connectivity index (χ1n) is 4.88. The van der Waals surface area contributed by atoms with Gasteiger partial charge in [0.15, 0.2) is 0 Å². The zero-order valence-corrected chi connectivity index (χ0v) is 9.72. The largest absolute Gasteiger partial charge is 0.447 e. The summed E-state index contributed by atoms with van der Waals surface area (Å²) in [5.41, 5.74) is -0.254. The molecule has 0 aromatic carbocycles. The van der Waals surface area contributed by atoms with Gasteiger partial charge in [-0.15, -0.1) is 0 Å². The van der Waals surface area contributed by atoms with E-state index in [2.05, 4.69) is 5.32 Å². The molecule has 1 N–H and O–H groups in total. The first kappa shape index (κ1) is 13.2. The van der Waals surface area contributed by atoms with Crippen molar-refractivity contribution in [3.63, 3.8) is 0 Å². The predicted octanol–water partition coefficient (Wildman–Crippen LogP) is 1.94. The number of ether oxygens (including phenoxy) is 2. The van der Waals surface area contributed by atoms with Gasteiger partial charge in [-0.1, -0.05) is 0 Å². The molecule has 0 fully saturated rings. The van der Waals surface area contributed by atoms with Gasteiger partial charge >= 0.3 is 6.09 Å². The Bertz CT molecular complexity index is 173. The molecule has 0 aliphatic rings. The van der Waals surface area contributed by atoms with E-state index in [0.29, 0.717) is 13.2 Å². The second-order valence-electron chi connectivity index (χ2n) is 4.43. The Kier molecular flexibility index (Phi) is 5.53. The van der Waals surface area contributed by atoms with E-state index >= 15 is 0 Å². The lowest BCUT2D eigenvalue weighted by Crippen LogP contribution is -2.41. The maximum absolute atomic E-state index is 11.1. The van der Waals surface area contributed by atoms with Gasteiger partial charge in [-0.05, 0) is 34.6 Å². The molecule has 0 atom stereocenters. The summed E-state index contributed by atoms with van der Waals surface area (Å²) in [6.45, 7) is 10.3. The average molecular weight is 203 g/mol. The molecular weight excluding hydrogens is 182 g/mol. The van der Waals surface area contributed by atoms with Gasteiger partial charge in [0.1, 0.15) is 6.61 Å². The van der Waals surface area contributed by atoms with Crippen LogP contribution in [0.2, 0.25) is 0 Å². The highest BCUT2D eigenvalue weighted by atomic mass is 16.6. The van der Waals surface area contributed by atoms with Crippen molar-refractivity contribution in [1.29, 1.82) is 0 Å². The smallest absolute Gasteiger partial charge is 0.407 e. The van der Waals surface area contributed by atoms with E-state index in [1.54, 1.807) is 0 Å². The highest BCUT2D eigenvalue weighted by Gasteiger charge is 2.14. The van der Waals surface area contributed by atoms with Crippen molar-refractivity contribution in [2.75, 3.05) is 13.2 Å². The standard InChI is InChI=1S/C10H21NO3/c1-8(2)13-6-7-14-9(12)11-10(3,4)5/h8H,6-7H2,1-5H3,(H,11,12). The van der Waals surface area contributed by atoms with E-state index in [0.717, 1.165) is 0 Å². The summed E-state index contributed by atoms with van der Waals surface area (Å²) < 4.78 is 10.1. The van der Waals surface area contributed by atoms with Crippen LogP contribution in [0.15, 0.2) is 0 Å². The molecule has 4 heteroatoms. The van der Waals surface area contributed by atoms with Crippen LogP contribution in [0.5, 0.6) is 0 Å². The number of rotatable bonds is 4. The van der Waals surface area contributed by atoms with E-state index in [4.69, 9.17) is 9.47 Å². The van der Waals surface area contributed by atoms with Crippen molar-refractivity contribution in [2.45, 2.75) is 46.3 Å². The summed E-state index contributed by atoms with van der Waals surface area (Å²) in [4.78, 5) is 11.1. The first-order chi connectivity index (χ1) is 6.31. The van der Waals surface area contributed by atoms with E-state index in [-0.39, 0.29) is 11.6 Å². The molecule has 0 unspecified atom stereocenters. The van der Waals surface area contributed by atoms with Crippen LogP contribution in [0.4, 0.5) is 4.79 Å². The SMILES string of the molecule is CC(C)OCCOC(=O)NC(C)(C)C. The van der Waals surface area contributed by atoms with Crippen molar-refractivity contribution in [2.24, 2.45) is 0 Å². The Hall–Kier alpha value is -0.770.